The maximum atomic E-state index is 11.5. The van der Waals surface area contributed by atoms with E-state index >= 15 is 0 Å². The molecule has 0 heterocycles. The second-order valence-corrected chi connectivity index (χ2v) is 6.86. The molecule has 2 N–H and O–H groups in total. The van der Waals surface area contributed by atoms with Gasteiger partial charge in [-0.3, -0.25) is 4.79 Å². The third-order valence-corrected chi connectivity index (χ3v) is 4.32. The topological polar surface area (TPSA) is 55.6 Å². The number of benzene rings is 1. The van der Waals surface area contributed by atoms with Gasteiger partial charge in [0.05, 0.1) is 22.0 Å². The summed E-state index contributed by atoms with van der Waals surface area (Å²) >= 11 is 7.03. The van der Waals surface area contributed by atoms with E-state index in [4.69, 9.17) is 10.5 Å². The van der Waals surface area contributed by atoms with Crippen molar-refractivity contribution in [3.63, 3.8) is 0 Å². The van der Waals surface area contributed by atoms with Gasteiger partial charge < -0.3 is 15.4 Å². The van der Waals surface area contributed by atoms with Gasteiger partial charge in [0.25, 0.3) is 0 Å². The molecule has 0 aromatic heterocycles. The standard InChI is InChI=1S/C15H22Br2N2O2/c1-4-11(18)7-10-8-12(16)15(13(17)9-10)21-6-5-14(20)19(2)3/h8-9,11H,4-7,18H2,1-3H3. The van der Waals surface area contributed by atoms with Crippen molar-refractivity contribution < 1.29 is 9.53 Å². The second-order valence-electron chi connectivity index (χ2n) is 5.15. The van der Waals surface area contributed by atoms with Crippen LogP contribution >= 0.6 is 31.9 Å². The van der Waals surface area contributed by atoms with Crippen molar-refractivity contribution in [2.45, 2.75) is 32.2 Å². The molecular formula is C15H22Br2N2O2. The number of halogens is 2. The van der Waals surface area contributed by atoms with E-state index in [2.05, 4.69) is 38.8 Å². The summed E-state index contributed by atoms with van der Waals surface area (Å²) in [6.45, 7) is 2.43. The lowest BCUT2D eigenvalue weighted by Gasteiger charge is -2.15. The van der Waals surface area contributed by atoms with Gasteiger partial charge in [0, 0.05) is 20.1 Å². The number of carbonyl (C=O) groups excluding carboxylic acids is 1. The Bertz CT molecular complexity index is 470. The highest BCUT2D eigenvalue weighted by Crippen LogP contribution is 2.35. The van der Waals surface area contributed by atoms with Crippen LogP contribution in [0.3, 0.4) is 0 Å². The van der Waals surface area contributed by atoms with E-state index in [9.17, 15) is 4.79 Å². The largest absolute Gasteiger partial charge is 0.491 e. The Morgan fingerprint density at radius 2 is 1.90 bits per heavy atom. The second kappa shape index (κ2) is 8.76. The minimum atomic E-state index is 0.0489. The molecule has 1 aromatic rings. The molecule has 0 aliphatic heterocycles. The third kappa shape index (κ3) is 5.96. The number of rotatable bonds is 7. The molecule has 0 fully saturated rings. The van der Waals surface area contributed by atoms with Crippen molar-refractivity contribution in [1.82, 2.24) is 4.90 Å². The van der Waals surface area contributed by atoms with Gasteiger partial charge in [0.2, 0.25) is 5.91 Å². The Kier molecular flexibility index (Phi) is 7.70. The first-order valence-corrected chi connectivity index (χ1v) is 8.50. The van der Waals surface area contributed by atoms with Crippen LogP contribution in [-0.2, 0) is 11.2 Å². The molecule has 0 spiro atoms. The zero-order valence-corrected chi connectivity index (χ0v) is 15.8. The summed E-state index contributed by atoms with van der Waals surface area (Å²) in [5.74, 6) is 0.767. The SMILES string of the molecule is CCC(N)Cc1cc(Br)c(OCCC(=O)N(C)C)c(Br)c1. The summed E-state index contributed by atoms with van der Waals surface area (Å²) < 4.78 is 7.44. The summed E-state index contributed by atoms with van der Waals surface area (Å²) in [7, 11) is 3.47. The zero-order valence-electron chi connectivity index (χ0n) is 12.7. The lowest BCUT2D eigenvalue weighted by Crippen LogP contribution is -2.23. The first-order valence-electron chi connectivity index (χ1n) is 6.91. The van der Waals surface area contributed by atoms with Crippen molar-refractivity contribution in [2.75, 3.05) is 20.7 Å². The third-order valence-electron chi connectivity index (χ3n) is 3.14. The van der Waals surface area contributed by atoms with Crippen molar-refractivity contribution in [2.24, 2.45) is 5.73 Å². The van der Waals surface area contributed by atoms with E-state index in [0.717, 1.165) is 33.1 Å². The maximum absolute atomic E-state index is 11.5. The molecule has 1 atom stereocenters. The molecule has 0 aliphatic rings. The molecule has 1 rings (SSSR count). The van der Waals surface area contributed by atoms with Crippen molar-refractivity contribution in [3.05, 3.63) is 26.6 Å². The quantitative estimate of drug-likeness (QED) is 0.734. The highest BCUT2D eigenvalue weighted by molar-refractivity contribution is 9.11. The molecule has 118 valence electrons. The number of carbonyl (C=O) groups is 1. The Morgan fingerprint density at radius 1 is 1.33 bits per heavy atom. The number of nitrogens with zero attached hydrogens (tertiary/aromatic N) is 1. The minimum absolute atomic E-state index is 0.0489. The van der Waals surface area contributed by atoms with Crippen molar-refractivity contribution in [3.8, 4) is 5.75 Å². The number of hydrogen-bond acceptors (Lipinski definition) is 3. The van der Waals surface area contributed by atoms with Gasteiger partial charge in [0.15, 0.2) is 0 Å². The van der Waals surface area contributed by atoms with Gasteiger partial charge in [-0.05, 0) is 62.4 Å². The van der Waals surface area contributed by atoms with Gasteiger partial charge in [-0.15, -0.1) is 0 Å². The van der Waals surface area contributed by atoms with Crippen LogP contribution in [0.5, 0.6) is 5.75 Å². The average Bonchev–Trinajstić information content (AvgIpc) is 2.41. The van der Waals surface area contributed by atoms with Crippen LogP contribution in [-0.4, -0.2) is 37.6 Å². The summed E-state index contributed by atoms with van der Waals surface area (Å²) in [6.07, 6.45) is 2.13. The van der Waals surface area contributed by atoms with Crippen LogP contribution in [0.25, 0.3) is 0 Å². The first-order chi connectivity index (χ1) is 9.85. The lowest BCUT2D eigenvalue weighted by atomic mass is 10.0. The summed E-state index contributed by atoms with van der Waals surface area (Å²) in [6, 6.07) is 4.19. The molecular weight excluding hydrogens is 400 g/mol. The Balaban J connectivity index is 2.69. The number of nitrogens with two attached hydrogens (primary N) is 1. The predicted molar refractivity (Wildman–Crippen MR) is 92.6 cm³/mol. The molecule has 1 unspecified atom stereocenters. The van der Waals surface area contributed by atoms with Gasteiger partial charge >= 0.3 is 0 Å². The van der Waals surface area contributed by atoms with Crippen LogP contribution in [0.15, 0.2) is 21.1 Å². The normalized spacial score (nSPS) is 12.1. The van der Waals surface area contributed by atoms with Crippen LogP contribution in [0.1, 0.15) is 25.3 Å². The zero-order chi connectivity index (χ0) is 16.0. The molecule has 1 aromatic carbocycles. The number of ether oxygens (including phenoxy) is 1. The molecule has 0 saturated carbocycles. The van der Waals surface area contributed by atoms with Crippen molar-refractivity contribution in [1.29, 1.82) is 0 Å². The van der Waals surface area contributed by atoms with Crippen LogP contribution in [0.2, 0.25) is 0 Å². The van der Waals surface area contributed by atoms with E-state index in [1.165, 1.54) is 0 Å². The van der Waals surface area contributed by atoms with E-state index in [0.29, 0.717) is 13.0 Å². The summed E-state index contributed by atoms with van der Waals surface area (Å²) in [5, 5.41) is 0. The molecule has 6 heteroatoms. The minimum Gasteiger partial charge on any atom is -0.491 e. The highest BCUT2D eigenvalue weighted by atomic mass is 79.9. The number of hydrogen-bond donors (Lipinski definition) is 1. The van der Waals surface area contributed by atoms with E-state index < -0.39 is 0 Å². The molecule has 21 heavy (non-hydrogen) atoms. The molecule has 1 amide bonds. The Morgan fingerprint density at radius 3 is 2.38 bits per heavy atom. The smallest absolute Gasteiger partial charge is 0.225 e. The van der Waals surface area contributed by atoms with E-state index in [1.807, 2.05) is 12.1 Å². The monoisotopic (exact) mass is 420 g/mol. The maximum Gasteiger partial charge on any atom is 0.225 e. The lowest BCUT2D eigenvalue weighted by molar-refractivity contribution is -0.129. The average molecular weight is 422 g/mol. The fourth-order valence-corrected chi connectivity index (χ4v) is 3.29. The Labute approximate surface area is 143 Å². The fraction of sp³-hybridized carbons (Fsp3) is 0.533. The van der Waals surface area contributed by atoms with E-state index in [1.54, 1.807) is 19.0 Å². The molecule has 0 aliphatic carbocycles. The molecule has 0 saturated heterocycles. The van der Waals surface area contributed by atoms with Crippen molar-refractivity contribution >= 4 is 37.8 Å². The van der Waals surface area contributed by atoms with Gasteiger partial charge in [-0.1, -0.05) is 6.92 Å². The molecule has 0 radical (unpaired) electrons. The summed E-state index contributed by atoms with van der Waals surface area (Å²) in [5.41, 5.74) is 7.13. The number of amides is 1. The first kappa shape index (κ1) is 18.5. The van der Waals surface area contributed by atoms with Crippen LogP contribution in [0, 0.1) is 0 Å². The Hall–Kier alpha value is -0.590. The van der Waals surface area contributed by atoms with Crippen LogP contribution < -0.4 is 10.5 Å². The molecule has 0 bridgehead atoms. The van der Waals surface area contributed by atoms with Crippen LogP contribution in [0.4, 0.5) is 0 Å². The summed E-state index contributed by atoms with van der Waals surface area (Å²) in [4.78, 5) is 13.1. The van der Waals surface area contributed by atoms with Gasteiger partial charge in [-0.25, -0.2) is 0 Å². The van der Waals surface area contributed by atoms with Gasteiger partial charge in [0.1, 0.15) is 5.75 Å². The fourth-order valence-electron chi connectivity index (χ4n) is 1.78. The predicted octanol–water partition coefficient (Wildman–Crippen LogP) is 3.35. The van der Waals surface area contributed by atoms with Gasteiger partial charge in [-0.2, -0.15) is 0 Å². The molecule has 4 nitrogen and oxygen atoms in total. The highest BCUT2D eigenvalue weighted by Gasteiger charge is 2.12. The van der Waals surface area contributed by atoms with E-state index in [-0.39, 0.29) is 11.9 Å².